The molecule has 33 heavy (non-hydrogen) atoms. The molecule has 6 fully saturated rings. The lowest BCUT2D eigenvalue weighted by atomic mass is 9.50. The van der Waals surface area contributed by atoms with E-state index in [0.717, 1.165) is 61.7 Å². The maximum Gasteiger partial charge on any atom is 0.160 e. The second-order valence-corrected chi connectivity index (χ2v) is 12.0. The first kappa shape index (κ1) is 21.8. The van der Waals surface area contributed by atoms with Crippen LogP contribution in [0.15, 0.2) is 23.4 Å². The van der Waals surface area contributed by atoms with E-state index in [0.29, 0.717) is 16.9 Å². The van der Waals surface area contributed by atoms with E-state index in [9.17, 15) is 0 Å². The number of methoxy groups -OCH3 is 2. The molecule has 0 aromatic heterocycles. The number of ether oxygens (including phenoxy) is 2. The van der Waals surface area contributed by atoms with E-state index < -0.39 is 0 Å². The number of nitrogens with one attached hydrogen (secondary N) is 1. The highest BCUT2D eigenvalue weighted by Crippen LogP contribution is 2.60. The first-order valence-corrected chi connectivity index (χ1v) is 13.2. The summed E-state index contributed by atoms with van der Waals surface area (Å²) in [4.78, 5) is 6.14. The Morgan fingerprint density at radius 3 is 2.39 bits per heavy atom. The molecular weight excluding hydrogens is 412 g/mol. The highest BCUT2D eigenvalue weighted by molar-refractivity contribution is 5.85. The smallest absolute Gasteiger partial charge is 0.160 e. The van der Waals surface area contributed by atoms with Crippen LogP contribution in [0.3, 0.4) is 0 Å². The highest BCUT2D eigenvalue weighted by atomic mass is 16.6. The van der Waals surface area contributed by atoms with Crippen molar-refractivity contribution in [2.45, 2.75) is 76.7 Å². The lowest BCUT2D eigenvalue weighted by molar-refractivity contribution is -0.0961. The molecule has 1 aromatic rings. The van der Waals surface area contributed by atoms with E-state index in [1.807, 2.05) is 6.07 Å². The molecule has 1 aromatic carbocycles. The van der Waals surface area contributed by atoms with Gasteiger partial charge in [0.05, 0.1) is 19.9 Å². The number of hydrogen-bond acceptors (Lipinski definition) is 5. The molecule has 1 N–H and O–H groups in total. The zero-order chi connectivity index (χ0) is 22.5. The minimum absolute atomic E-state index is 0.304. The number of benzene rings is 1. The maximum absolute atomic E-state index is 6.14. The molecule has 0 radical (unpaired) electrons. The Labute approximate surface area is 198 Å². The molecule has 1 heterocycles. The molecule has 0 amide bonds. The molecule has 7 rings (SSSR count). The Morgan fingerprint density at radius 1 is 0.970 bits per heavy atom. The molecule has 2 atom stereocenters. The van der Waals surface area contributed by atoms with Crippen LogP contribution >= 0.6 is 0 Å². The van der Waals surface area contributed by atoms with Crippen LogP contribution in [-0.4, -0.2) is 39.1 Å². The van der Waals surface area contributed by atoms with Crippen molar-refractivity contribution in [2.75, 3.05) is 27.4 Å². The van der Waals surface area contributed by atoms with Crippen LogP contribution < -0.4 is 14.8 Å². The van der Waals surface area contributed by atoms with Gasteiger partial charge in [-0.3, -0.25) is 0 Å². The van der Waals surface area contributed by atoms with Gasteiger partial charge in [-0.15, -0.1) is 0 Å². The third kappa shape index (κ3) is 4.05. The van der Waals surface area contributed by atoms with Gasteiger partial charge >= 0.3 is 0 Å². The third-order valence-corrected chi connectivity index (χ3v) is 9.84. The van der Waals surface area contributed by atoms with Crippen LogP contribution in [0.2, 0.25) is 0 Å². The van der Waals surface area contributed by atoms with Crippen molar-refractivity contribution in [3.8, 4) is 11.5 Å². The second-order valence-electron chi connectivity index (χ2n) is 12.0. The average Bonchev–Trinajstić information content (AvgIpc) is 3.20. The monoisotopic (exact) mass is 452 g/mol. The fourth-order valence-corrected chi connectivity index (χ4v) is 8.71. The SMILES string of the molecule is COc1ccc(C[C@@]23CCN[C@H]2C/C(=N/OCC24CC5CC(CC(C5)C2)C4)CC3)cc1OC. The van der Waals surface area contributed by atoms with E-state index in [2.05, 4.69) is 17.4 Å². The van der Waals surface area contributed by atoms with E-state index in [-0.39, 0.29) is 0 Å². The largest absolute Gasteiger partial charge is 0.493 e. The van der Waals surface area contributed by atoms with Gasteiger partial charge in [0.25, 0.3) is 0 Å². The standard InChI is InChI=1S/C28H40N2O3/c1-31-24-4-3-19(12-25(24)32-2)17-28-6-5-23(13-26(28)29-8-7-28)30-33-18-27-14-20-9-21(15-27)11-22(10-20)16-27/h3-4,12,20-22,26,29H,5-11,13-18H2,1-2H3/b30-23+/t20?,21?,22?,26-,27?,28+/m0/s1. The minimum atomic E-state index is 0.304. The van der Waals surface area contributed by atoms with Gasteiger partial charge in [0.15, 0.2) is 11.5 Å². The lowest BCUT2D eigenvalue weighted by Crippen LogP contribution is -2.48. The number of fused-ring (bicyclic) bond motifs is 1. The fraction of sp³-hybridized carbons (Fsp3) is 0.750. The first-order chi connectivity index (χ1) is 16.1. The molecule has 1 saturated heterocycles. The lowest BCUT2D eigenvalue weighted by Gasteiger charge is -2.56. The molecule has 180 valence electrons. The van der Waals surface area contributed by atoms with E-state index in [1.54, 1.807) is 14.2 Å². The van der Waals surface area contributed by atoms with Crippen molar-refractivity contribution in [1.29, 1.82) is 0 Å². The van der Waals surface area contributed by atoms with E-state index in [1.165, 1.54) is 62.6 Å². The summed E-state index contributed by atoms with van der Waals surface area (Å²) in [6.07, 6.45) is 14.2. The summed E-state index contributed by atoms with van der Waals surface area (Å²) in [6, 6.07) is 6.88. The van der Waals surface area contributed by atoms with Crippen LogP contribution in [0.4, 0.5) is 0 Å². The minimum Gasteiger partial charge on any atom is -0.493 e. The fourth-order valence-electron chi connectivity index (χ4n) is 8.71. The number of hydrogen-bond donors (Lipinski definition) is 1. The van der Waals surface area contributed by atoms with Gasteiger partial charge in [-0.1, -0.05) is 11.2 Å². The van der Waals surface area contributed by atoms with Crippen LogP contribution in [0.25, 0.3) is 0 Å². The molecule has 0 unspecified atom stereocenters. The Bertz CT molecular complexity index is 877. The van der Waals surface area contributed by atoms with Crippen LogP contribution in [0.5, 0.6) is 11.5 Å². The van der Waals surface area contributed by atoms with Gasteiger partial charge in [-0.25, -0.2) is 0 Å². The van der Waals surface area contributed by atoms with E-state index in [4.69, 9.17) is 19.5 Å². The molecule has 1 aliphatic heterocycles. The summed E-state index contributed by atoms with van der Waals surface area (Å²) in [5.41, 5.74) is 3.34. The van der Waals surface area contributed by atoms with Crippen molar-refractivity contribution >= 4 is 5.71 Å². The quantitative estimate of drug-likeness (QED) is 0.565. The molecule has 5 saturated carbocycles. The summed E-state index contributed by atoms with van der Waals surface area (Å²) < 4.78 is 11.0. The zero-order valence-corrected chi connectivity index (χ0v) is 20.4. The summed E-state index contributed by atoms with van der Waals surface area (Å²) in [7, 11) is 3.41. The summed E-state index contributed by atoms with van der Waals surface area (Å²) in [5.74, 6) is 4.55. The predicted molar refractivity (Wildman–Crippen MR) is 130 cm³/mol. The molecule has 5 heteroatoms. The Hall–Kier alpha value is -1.75. The van der Waals surface area contributed by atoms with Gasteiger partial charge in [-0.05, 0) is 112 Å². The van der Waals surface area contributed by atoms with Gasteiger partial charge in [0, 0.05) is 17.9 Å². The Kier molecular flexibility index (Phi) is 5.59. The zero-order valence-electron chi connectivity index (χ0n) is 20.4. The van der Waals surface area contributed by atoms with Crippen molar-refractivity contribution in [3.05, 3.63) is 23.8 Å². The number of nitrogens with zero attached hydrogens (tertiary/aromatic N) is 1. The highest BCUT2D eigenvalue weighted by Gasteiger charge is 2.51. The van der Waals surface area contributed by atoms with Gasteiger partial charge < -0.3 is 19.6 Å². The number of oxime groups is 1. The molecule has 5 nitrogen and oxygen atoms in total. The average molecular weight is 453 g/mol. The van der Waals surface area contributed by atoms with Gasteiger partial charge in [-0.2, -0.15) is 0 Å². The maximum atomic E-state index is 6.14. The van der Waals surface area contributed by atoms with Gasteiger partial charge in [0.2, 0.25) is 0 Å². The number of rotatable bonds is 7. The van der Waals surface area contributed by atoms with Crippen molar-refractivity contribution in [1.82, 2.24) is 5.32 Å². The van der Waals surface area contributed by atoms with Crippen LogP contribution in [-0.2, 0) is 11.3 Å². The Morgan fingerprint density at radius 2 is 1.70 bits per heavy atom. The second kappa shape index (κ2) is 8.48. The molecular formula is C28H40N2O3. The predicted octanol–water partition coefficient (Wildman–Crippen LogP) is 5.37. The van der Waals surface area contributed by atoms with Crippen molar-refractivity contribution in [3.63, 3.8) is 0 Å². The molecule has 4 bridgehead atoms. The molecule has 6 aliphatic rings. The first-order valence-electron chi connectivity index (χ1n) is 13.2. The van der Waals surface area contributed by atoms with Crippen molar-refractivity contribution in [2.24, 2.45) is 33.7 Å². The summed E-state index contributed by atoms with van der Waals surface area (Å²) >= 11 is 0. The molecule has 0 spiro atoms. The van der Waals surface area contributed by atoms with Crippen LogP contribution in [0.1, 0.15) is 69.8 Å². The van der Waals surface area contributed by atoms with Crippen molar-refractivity contribution < 1.29 is 14.3 Å². The topological polar surface area (TPSA) is 52.1 Å². The Balaban J connectivity index is 1.09. The van der Waals surface area contributed by atoms with E-state index >= 15 is 0 Å². The third-order valence-electron chi connectivity index (χ3n) is 9.84. The molecule has 5 aliphatic carbocycles. The normalized spacial score (nSPS) is 40.1. The van der Waals surface area contributed by atoms with Gasteiger partial charge in [0.1, 0.15) is 6.61 Å². The summed E-state index contributed by atoms with van der Waals surface area (Å²) in [6.45, 7) is 1.95. The van der Waals surface area contributed by atoms with Crippen LogP contribution in [0, 0.1) is 28.6 Å². The summed E-state index contributed by atoms with van der Waals surface area (Å²) in [5, 5.41) is 8.54.